The van der Waals surface area contributed by atoms with E-state index in [0.717, 1.165) is 49.4 Å². The molecule has 1 N–H and O–H groups in total. The molecule has 0 amide bonds. The third kappa shape index (κ3) is 2.00. The maximum Gasteiger partial charge on any atom is 0.139 e. The molecule has 0 unspecified atom stereocenters. The molecule has 4 nitrogen and oxygen atoms in total. The zero-order valence-electron chi connectivity index (χ0n) is 10.7. The molecule has 0 aromatic carbocycles. The molecule has 1 fully saturated rings. The highest BCUT2D eigenvalue weighted by atomic mass is 79.9. The van der Waals surface area contributed by atoms with Crippen molar-refractivity contribution in [2.24, 2.45) is 0 Å². The zero-order valence-corrected chi connectivity index (χ0v) is 12.2. The Kier molecular flexibility index (Phi) is 2.86. The summed E-state index contributed by atoms with van der Waals surface area (Å²) < 4.78 is 6.20. The van der Waals surface area contributed by atoms with Gasteiger partial charge in [0, 0.05) is 30.6 Å². The van der Waals surface area contributed by atoms with Crippen molar-refractivity contribution in [3.8, 4) is 0 Å². The first-order valence-corrected chi connectivity index (χ1v) is 7.58. The molecule has 100 valence electrons. The molecule has 0 bridgehead atoms. The van der Waals surface area contributed by atoms with Gasteiger partial charge < -0.3 is 9.72 Å². The second kappa shape index (κ2) is 4.58. The summed E-state index contributed by atoms with van der Waals surface area (Å²) in [6, 6.07) is 4.84. The van der Waals surface area contributed by atoms with Crippen LogP contribution in [0.2, 0.25) is 0 Å². The Morgan fingerprint density at radius 3 is 2.89 bits per heavy atom. The highest BCUT2D eigenvalue weighted by molar-refractivity contribution is 9.10. The number of nitrogens with one attached hydrogen (secondary N) is 1. The standard InChI is InChI=1S/C14H16BrN3O/c15-13-2-1-11-10-3-5-18(9-7-19-8-9)6-4-12(10)16-14(11)17-13/h1-2,9H,3-8H2,(H,16,17). The van der Waals surface area contributed by atoms with Crippen LogP contribution in [0.15, 0.2) is 16.7 Å². The fourth-order valence-electron chi connectivity index (χ4n) is 3.08. The van der Waals surface area contributed by atoms with Crippen LogP contribution in [0, 0.1) is 0 Å². The number of halogens is 1. The smallest absolute Gasteiger partial charge is 0.139 e. The maximum atomic E-state index is 5.31. The number of pyridine rings is 1. The van der Waals surface area contributed by atoms with Crippen LogP contribution in [0.1, 0.15) is 11.3 Å². The van der Waals surface area contributed by atoms with Crippen molar-refractivity contribution in [1.29, 1.82) is 0 Å². The highest BCUT2D eigenvalue weighted by Gasteiger charge is 2.28. The third-order valence-corrected chi connectivity index (χ3v) is 4.70. The van der Waals surface area contributed by atoms with Gasteiger partial charge in [0.2, 0.25) is 0 Å². The predicted molar refractivity (Wildman–Crippen MR) is 77.4 cm³/mol. The van der Waals surface area contributed by atoms with Gasteiger partial charge in [-0.2, -0.15) is 0 Å². The van der Waals surface area contributed by atoms with Crippen LogP contribution < -0.4 is 0 Å². The summed E-state index contributed by atoms with van der Waals surface area (Å²) >= 11 is 3.43. The van der Waals surface area contributed by atoms with E-state index in [1.165, 1.54) is 16.6 Å². The van der Waals surface area contributed by atoms with E-state index < -0.39 is 0 Å². The van der Waals surface area contributed by atoms with Crippen LogP contribution in [0.5, 0.6) is 0 Å². The third-order valence-electron chi connectivity index (χ3n) is 4.25. The van der Waals surface area contributed by atoms with Crippen molar-refractivity contribution < 1.29 is 4.74 Å². The van der Waals surface area contributed by atoms with Gasteiger partial charge in [0.05, 0.1) is 19.3 Å². The van der Waals surface area contributed by atoms with E-state index in [9.17, 15) is 0 Å². The van der Waals surface area contributed by atoms with Gasteiger partial charge in [-0.3, -0.25) is 4.90 Å². The van der Waals surface area contributed by atoms with E-state index in [0.29, 0.717) is 6.04 Å². The van der Waals surface area contributed by atoms with Crippen molar-refractivity contribution in [2.45, 2.75) is 18.9 Å². The fraction of sp³-hybridized carbons (Fsp3) is 0.500. The van der Waals surface area contributed by atoms with E-state index >= 15 is 0 Å². The first-order chi connectivity index (χ1) is 9.31. The molecule has 2 aliphatic rings. The molecule has 0 spiro atoms. The number of ether oxygens (including phenoxy) is 1. The van der Waals surface area contributed by atoms with Gasteiger partial charge in [0.25, 0.3) is 0 Å². The van der Waals surface area contributed by atoms with Gasteiger partial charge in [-0.25, -0.2) is 4.98 Å². The van der Waals surface area contributed by atoms with Crippen molar-refractivity contribution in [1.82, 2.24) is 14.9 Å². The molecular weight excluding hydrogens is 306 g/mol. The molecule has 1 saturated heterocycles. The van der Waals surface area contributed by atoms with Crippen molar-refractivity contribution in [3.05, 3.63) is 28.0 Å². The van der Waals surface area contributed by atoms with Gasteiger partial charge in [-0.15, -0.1) is 0 Å². The molecule has 0 radical (unpaired) electrons. The summed E-state index contributed by atoms with van der Waals surface area (Å²) in [4.78, 5) is 10.6. The molecule has 2 aromatic rings. The Morgan fingerprint density at radius 2 is 2.11 bits per heavy atom. The fourth-order valence-corrected chi connectivity index (χ4v) is 3.39. The van der Waals surface area contributed by atoms with Crippen LogP contribution in [0.3, 0.4) is 0 Å². The highest BCUT2D eigenvalue weighted by Crippen LogP contribution is 2.27. The minimum absolute atomic E-state index is 0.641. The second-order valence-corrected chi connectivity index (χ2v) is 6.15. The van der Waals surface area contributed by atoms with E-state index in [2.05, 4.69) is 36.9 Å². The monoisotopic (exact) mass is 321 g/mol. The molecule has 0 saturated carbocycles. The van der Waals surface area contributed by atoms with E-state index in [4.69, 9.17) is 4.74 Å². The van der Waals surface area contributed by atoms with Gasteiger partial charge >= 0.3 is 0 Å². The van der Waals surface area contributed by atoms with Gasteiger partial charge in [-0.05, 0) is 40.0 Å². The van der Waals surface area contributed by atoms with Crippen LogP contribution >= 0.6 is 15.9 Å². The molecular formula is C14H16BrN3O. The Balaban J connectivity index is 1.66. The summed E-state index contributed by atoms with van der Waals surface area (Å²) in [5.41, 5.74) is 3.83. The lowest BCUT2D eigenvalue weighted by Gasteiger charge is -2.36. The normalized spacial score (nSPS) is 21.1. The minimum Gasteiger partial charge on any atom is -0.378 e. The lowest BCUT2D eigenvalue weighted by atomic mass is 10.1. The summed E-state index contributed by atoms with van der Waals surface area (Å²) in [6.07, 6.45) is 2.19. The number of aromatic amines is 1. The lowest BCUT2D eigenvalue weighted by molar-refractivity contribution is -0.0634. The van der Waals surface area contributed by atoms with Crippen LogP contribution in [0.25, 0.3) is 11.0 Å². The molecule has 4 rings (SSSR count). The Hall–Kier alpha value is -0.910. The summed E-state index contributed by atoms with van der Waals surface area (Å²) in [7, 11) is 0. The largest absolute Gasteiger partial charge is 0.378 e. The molecule has 2 aliphatic heterocycles. The number of H-pyrrole nitrogens is 1. The summed E-state index contributed by atoms with van der Waals surface area (Å²) in [6.45, 7) is 4.06. The van der Waals surface area contributed by atoms with E-state index in [-0.39, 0.29) is 0 Å². The number of fused-ring (bicyclic) bond motifs is 3. The average Bonchev–Trinajstić information content (AvgIpc) is 2.54. The SMILES string of the molecule is Brc1ccc2c3c([nH]c2n1)CCN(C1COC1)CC3. The van der Waals surface area contributed by atoms with Gasteiger partial charge in [0.15, 0.2) is 0 Å². The summed E-state index contributed by atoms with van der Waals surface area (Å²) in [5.74, 6) is 0. The van der Waals surface area contributed by atoms with Crippen LogP contribution in [0.4, 0.5) is 0 Å². The molecule has 0 aliphatic carbocycles. The average molecular weight is 322 g/mol. The Morgan fingerprint density at radius 1 is 1.26 bits per heavy atom. The minimum atomic E-state index is 0.641. The molecule has 19 heavy (non-hydrogen) atoms. The maximum absolute atomic E-state index is 5.31. The van der Waals surface area contributed by atoms with Crippen molar-refractivity contribution in [3.63, 3.8) is 0 Å². The number of hydrogen-bond acceptors (Lipinski definition) is 3. The predicted octanol–water partition coefficient (Wildman–Crippen LogP) is 2.12. The molecule has 4 heterocycles. The molecule has 5 heteroatoms. The number of hydrogen-bond donors (Lipinski definition) is 1. The molecule has 0 atom stereocenters. The van der Waals surface area contributed by atoms with Gasteiger partial charge in [0.1, 0.15) is 10.3 Å². The van der Waals surface area contributed by atoms with E-state index in [1.54, 1.807) is 0 Å². The van der Waals surface area contributed by atoms with Gasteiger partial charge in [-0.1, -0.05) is 0 Å². The van der Waals surface area contributed by atoms with Crippen LogP contribution in [-0.2, 0) is 17.6 Å². The second-order valence-electron chi connectivity index (χ2n) is 5.34. The lowest BCUT2D eigenvalue weighted by Crippen LogP contribution is -2.49. The number of aromatic nitrogens is 2. The Labute approximate surface area is 120 Å². The number of nitrogens with zero attached hydrogens (tertiary/aromatic N) is 2. The van der Waals surface area contributed by atoms with E-state index in [1.807, 2.05) is 6.07 Å². The number of rotatable bonds is 1. The summed E-state index contributed by atoms with van der Waals surface area (Å²) in [5, 5.41) is 1.28. The Bertz CT molecular complexity index is 620. The zero-order chi connectivity index (χ0) is 12.8. The first-order valence-electron chi connectivity index (χ1n) is 6.79. The van der Waals surface area contributed by atoms with Crippen molar-refractivity contribution in [2.75, 3.05) is 26.3 Å². The first kappa shape index (κ1) is 11.9. The van der Waals surface area contributed by atoms with Crippen LogP contribution in [-0.4, -0.2) is 47.2 Å². The quantitative estimate of drug-likeness (QED) is 0.818. The molecule has 2 aromatic heterocycles. The van der Waals surface area contributed by atoms with Crippen molar-refractivity contribution >= 4 is 27.0 Å². The topological polar surface area (TPSA) is 41.2 Å².